The van der Waals surface area contributed by atoms with E-state index >= 15 is 0 Å². The summed E-state index contributed by atoms with van der Waals surface area (Å²) in [4.78, 5) is 4.54. The highest BCUT2D eigenvalue weighted by Gasteiger charge is 2.07. The van der Waals surface area contributed by atoms with E-state index in [0.717, 1.165) is 42.7 Å². The third-order valence-electron chi connectivity index (χ3n) is 3.81. The number of aliphatic imine (C=N–C) groups is 1. The number of aryl methyl sites for hydroxylation is 1. The molecule has 1 heterocycles. The fourth-order valence-corrected chi connectivity index (χ4v) is 2.28. The zero-order valence-corrected chi connectivity index (χ0v) is 16.2. The second-order valence-electron chi connectivity index (χ2n) is 6.51. The normalized spacial score (nSPS) is 11.7. The van der Waals surface area contributed by atoms with Gasteiger partial charge in [-0.25, -0.2) is 4.99 Å². The van der Waals surface area contributed by atoms with Crippen LogP contribution in [0.25, 0.3) is 0 Å². The molecule has 1 aromatic carbocycles. The average molecular weight is 358 g/mol. The van der Waals surface area contributed by atoms with Crippen LogP contribution in [-0.2, 0) is 6.54 Å². The van der Waals surface area contributed by atoms with Crippen molar-refractivity contribution in [3.8, 4) is 5.75 Å². The molecule has 0 saturated heterocycles. The molecule has 2 N–H and O–H groups in total. The molecule has 2 rings (SSSR count). The quantitative estimate of drug-likeness (QED) is 0.407. The maximum Gasteiger partial charge on any atom is 0.191 e. The third kappa shape index (κ3) is 6.78. The monoisotopic (exact) mass is 358 g/mol. The Morgan fingerprint density at radius 3 is 2.65 bits per heavy atom. The first-order chi connectivity index (χ1) is 12.6. The maximum atomic E-state index is 5.73. The van der Waals surface area contributed by atoms with Crippen molar-refractivity contribution in [2.45, 2.75) is 46.6 Å². The Hall–Kier alpha value is -2.50. The van der Waals surface area contributed by atoms with Crippen LogP contribution in [0.4, 0.5) is 0 Å². The van der Waals surface area contributed by atoms with Crippen molar-refractivity contribution in [1.29, 1.82) is 0 Å². The van der Waals surface area contributed by atoms with Crippen LogP contribution in [0.2, 0.25) is 0 Å². The Balaban J connectivity index is 1.73. The first kappa shape index (κ1) is 19.8. The summed E-state index contributed by atoms with van der Waals surface area (Å²) in [6.07, 6.45) is 0.887. The van der Waals surface area contributed by atoms with Crippen LogP contribution in [0, 0.1) is 6.92 Å². The Labute approximate surface area is 156 Å². The van der Waals surface area contributed by atoms with Gasteiger partial charge in [-0.05, 0) is 38.3 Å². The molecule has 0 spiro atoms. The van der Waals surface area contributed by atoms with Gasteiger partial charge in [-0.15, -0.1) is 0 Å². The number of aromatic nitrogens is 1. The van der Waals surface area contributed by atoms with Crippen molar-refractivity contribution in [2.75, 3.05) is 19.7 Å². The van der Waals surface area contributed by atoms with Crippen LogP contribution in [-0.4, -0.2) is 30.8 Å². The number of nitrogens with zero attached hydrogens (tertiary/aromatic N) is 2. The molecule has 0 unspecified atom stereocenters. The topological polar surface area (TPSA) is 71.7 Å². The predicted octanol–water partition coefficient (Wildman–Crippen LogP) is 3.63. The number of benzene rings is 1. The summed E-state index contributed by atoms with van der Waals surface area (Å²) in [7, 11) is 0. The van der Waals surface area contributed by atoms with E-state index in [-0.39, 0.29) is 0 Å². The predicted molar refractivity (Wildman–Crippen MR) is 105 cm³/mol. The van der Waals surface area contributed by atoms with Gasteiger partial charge in [0.25, 0.3) is 0 Å². The number of rotatable bonds is 9. The fourth-order valence-electron chi connectivity index (χ4n) is 2.28. The van der Waals surface area contributed by atoms with Gasteiger partial charge in [0.1, 0.15) is 12.3 Å². The molecule has 0 bridgehead atoms. The number of guanidine groups is 1. The van der Waals surface area contributed by atoms with Crippen LogP contribution in [0.3, 0.4) is 0 Å². The van der Waals surface area contributed by atoms with Gasteiger partial charge in [0, 0.05) is 19.2 Å². The molecule has 0 fully saturated rings. The molecule has 0 aliphatic heterocycles. The standard InChI is InChI=1S/C20H30N4O2/c1-5-21-20(23-14-18-13-19(15(2)3)24-26-18)22-11-6-12-25-17-9-7-16(4)8-10-17/h7-10,13,15H,5-6,11-12,14H2,1-4H3,(H2,21,22,23). The van der Waals surface area contributed by atoms with E-state index in [0.29, 0.717) is 19.1 Å². The second-order valence-corrected chi connectivity index (χ2v) is 6.51. The minimum atomic E-state index is 0.358. The molecule has 6 nitrogen and oxygen atoms in total. The molecule has 6 heteroatoms. The minimum Gasteiger partial charge on any atom is -0.494 e. The number of hydrogen-bond donors (Lipinski definition) is 2. The lowest BCUT2D eigenvalue weighted by Gasteiger charge is -2.11. The van der Waals surface area contributed by atoms with Gasteiger partial charge >= 0.3 is 0 Å². The molecule has 0 radical (unpaired) electrons. The van der Waals surface area contributed by atoms with Gasteiger partial charge in [0.15, 0.2) is 11.7 Å². The molecule has 142 valence electrons. The summed E-state index contributed by atoms with van der Waals surface area (Å²) in [5, 5.41) is 10.6. The lowest BCUT2D eigenvalue weighted by atomic mass is 10.1. The van der Waals surface area contributed by atoms with Crippen LogP contribution in [0.5, 0.6) is 5.75 Å². The summed E-state index contributed by atoms with van der Waals surface area (Å²) in [6, 6.07) is 10.1. The van der Waals surface area contributed by atoms with Crippen LogP contribution < -0.4 is 15.4 Å². The lowest BCUT2D eigenvalue weighted by molar-refractivity contribution is 0.311. The van der Waals surface area contributed by atoms with E-state index in [2.05, 4.69) is 53.7 Å². The summed E-state index contributed by atoms with van der Waals surface area (Å²) in [5.41, 5.74) is 2.19. The van der Waals surface area contributed by atoms with Crippen LogP contribution in [0.1, 0.15) is 50.1 Å². The fraction of sp³-hybridized carbons (Fsp3) is 0.500. The highest BCUT2D eigenvalue weighted by atomic mass is 16.5. The average Bonchev–Trinajstić information content (AvgIpc) is 3.10. The molecular formula is C20H30N4O2. The zero-order chi connectivity index (χ0) is 18.8. The molecular weight excluding hydrogens is 328 g/mol. The van der Waals surface area contributed by atoms with Crippen molar-refractivity contribution in [1.82, 2.24) is 15.8 Å². The number of hydrogen-bond acceptors (Lipinski definition) is 4. The van der Waals surface area contributed by atoms with E-state index in [9.17, 15) is 0 Å². The molecule has 0 amide bonds. The largest absolute Gasteiger partial charge is 0.494 e. The maximum absolute atomic E-state index is 5.73. The first-order valence-electron chi connectivity index (χ1n) is 9.25. The third-order valence-corrected chi connectivity index (χ3v) is 3.81. The molecule has 0 atom stereocenters. The Morgan fingerprint density at radius 2 is 2.00 bits per heavy atom. The van der Waals surface area contributed by atoms with Crippen molar-refractivity contribution in [3.63, 3.8) is 0 Å². The first-order valence-corrected chi connectivity index (χ1v) is 9.25. The van der Waals surface area contributed by atoms with Crippen LogP contribution >= 0.6 is 0 Å². The van der Waals surface area contributed by atoms with Crippen LogP contribution in [0.15, 0.2) is 39.8 Å². The zero-order valence-electron chi connectivity index (χ0n) is 16.2. The van der Waals surface area contributed by atoms with E-state index in [1.807, 2.05) is 25.1 Å². The molecule has 26 heavy (non-hydrogen) atoms. The molecule has 0 aliphatic rings. The van der Waals surface area contributed by atoms with Crippen molar-refractivity contribution >= 4 is 5.96 Å². The Bertz CT molecular complexity index is 677. The summed E-state index contributed by atoms with van der Waals surface area (Å²) < 4.78 is 11.1. The number of nitrogens with one attached hydrogen (secondary N) is 2. The second kappa shape index (κ2) is 10.5. The van der Waals surface area contributed by atoms with E-state index in [1.165, 1.54) is 5.56 Å². The summed E-state index contributed by atoms with van der Waals surface area (Å²) >= 11 is 0. The molecule has 0 saturated carbocycles. The minimum absolute atomic E-state index is 0.358. The highest BCUT2D eigenvalue weighted by Crippen LogP contribution is 2.14. The molecule has 2 aromatic rings. The number of ether oxygens (including phenoxy) is 1. The van der Waals surface area contributed by atoms with Crippen molar-refractivity contribution in [3.05, 3.63) is 47.3 Å². The van der Waals surface area contributed by atoms with E-state index in [1.54, 1.807) is 0 Å². The van der Waals surface area contributed by atoms with Gasteiger partial charge in [0.05, 0.1) is 12.3 Å². The SMILES string of the molecule is CCNC(=NCc1cc(C(C)C)no1)NCCCOc1ccc(C)cc1. The smallest absolute Gasteiger partial charge is 0.191 e. The van der Waals surface area contributed by atoms with Crippen molar-refractivity contribution in [2.24, 2.45) is 4.99 Å². The van der Waals surface area contributed by atoms with E-state index in [4.69, 9.17) is 9.26 Å². The molecule has 1 aromatic heterocycles. The molecule has 0 aliphatic carbocycles. The van der Waals surface area contributed by atoms with Gasteiger partial charge in [-0.2, -0.15) is 0 Å². The summed E-state index contributed by atoms with van der Waals surface area (Å²) in [6.45, 7) is 11.0. The lowest BCUT2D eigenvalue weighted by Crippen LogP contribution is -2.38. The van der Waals surface area contributed by atoms with Gasteiger partial charge in [0.2, 0.25) is 0 Å². The van der Waals surface area contributed by atoms with Crippen molar-refractivity contribution < 1.29 is 9.26 Å². The highest BCUT2D eigenvalue weighted by molar-refractivity contribution is 5.79. The summed E-state index contributed by atoms with van der Waals surface area (Å²) in [5.74, 6) is 2.80. The Kier molecular flexibility index (Phi) is 7.99. The van der Waals surface area contributed by atoms with E-state index < -0.39 is 0 Å². The van der Waals surface area contributed by atoms with Gasteiger partial charge in [-0.3, -0.25) is 0 Å². The van der Waals surface area contributed by atoms with Gasteiger partial charge in [-0.1, -0.05) is 36.7 Å². The van der Waals surface area contributed by atoms with Gasteiger partial charge < -0.3 is 19.9 Å². The Morgan fingerprint density at radius 1 is 1.23 bits per heavy atom.